The van der Waals surface area contributed by atoms with Crippen molar-refractivity contribution in [1.29, 1.82) is 0 Å². The maximum atomic E-state index is 12.0. The molecule has 1 rings (SSSR count). The third kappa shape index (κ3) is 5.73. The molecule has 0 aliphatic rings. The lowest BCUT2D eigenvalue weighted by atomic mass is 10.3. The molecule has 6 nitrogen and oxygen atoms in total. The van der Waals surface area contributed by atoms with Gasteiger partial charge in [0.1, 0.15) is 4.32 Å². The van der Waals surface area contributed by atoms with Crippen LogP contribution in [0.4, 0.5) is 5.69 Å². The van der Waals surface area contributed by atoms with Crippen LogP contribution in [0.5, 0.6) is 0 Å². The molecule has 0 aromatic heterocycles. The van der Waals surface area contributed by atoms with Gasteiger partial charge in [0.05, 0.1) is 10.6 Å². The van der Waals surface area contributed by atoms with Crippen LogP contribution < -0.4 is 5.32 Å². The molecule has 1 N–H and O–H groups in total. The van der Waals surface area contributed by atoms with E-state index in [2.05, 4.69) is 5.32 Å². The average Bonchev–Trinajstić information content (AvgIpc) is 2.54. The van der Waals surface area contributed by atoms with Crippen LogP contribution in [-0.2, 0) is 14.8 Å². The number of nitrogens with one attached hydrogen (secondary N) is 1. The summed E-state index contributed by atoms with van der Waals surface area (Å²) in [6.07, 6.45) is 0. The lowest BCUT2D eigenvalue weighted by Crippen LogP contribution is -2.28. The number of thioether (sulfide) groups is 1. The third-order valence-corrected chi connectivity index (χ3v) is 6.62. The topological polar surface area (TPSA) is 69.7 Å². The van der Waals surface area contributed by atoms with Crippen LogP contribution in [0.1, 0.15) is 13.8 Å². The number of thiocarbonyl (C=S) groups is 1. The van der Waals surface area contributed by atoms with E-state index >= 15 is 0 Å². The Balaban J connectivity index is 2.61. The molecule has 1 aromatic carbocycles. The van der Waals surface area contributed by atoms with Gasteiger partial charge >= 0.3 is 0 Å². The molecule has 0 saturated heterocycles. The quantitative estimate of drug-likeness (QED) is 0.721. The van der Waals surface area contributed by atoms with Gasteiger partial charge < -0.3 is 10.2 Å². The number of sulfonamides is 1. The molecule has 134 valence electrons. The standard InChI is InChI=1S/C15H23N3O3S3/c1-5-18(6-2)15(22)23-11-14(19)16-12-7-9-13(10-8-12)24(20,21)17(3)4/h7-10H,5-6,11H2,1-4H3,(H,16,19). The minimum Gasteiger partial charge on any atom is -0.358 e. The first-order chi connectivity index (χ1) is 11.2. The summed E-state index contributed by atoms with van der Waals surface area (Å²) < 4.78 is 25.8. The molecule has 0 radical (unpaired) electrons. The van der Waals surface area contributed by atoms with E-state index in [1.807, 2.05) is 18.7 Å². The van der Waals surface area contributed by atoms with Crippen molar-refractivity contribution in [3.8, 4) is 0 Å². The van der Waals surface area contributed by atoms with Crippen molar-refractivity contribution in [3.63, 3.8) is 0 Å². The van der Waals surface area contributed by atoms with Crippen molar-refractivity contribution in [1.82, 2.24) is 9.21 Å². The fourth-order valence-corrected chi connectivity index (χ4v) is 3.92. The normalized spacial score (nSPS) is 11.4. The van der Waals surface area contributed by atoms with Gasteiger partial charge in [0, 0.05) is 32.9 Å². The van der Waals surface area contributed by atoms with E-state index in [4.69, 9.17) is 12.2 Å². The number of anilines is 1. The minimum absolute atomic E-state index is 0.183. The van der Waals surface area contributed by atoms with Gasteiger partial charge in [-0.3, -0.25) is 4.79 Å². The fraction of sp³-hybridized carbons (Fsp3) is 0.467. The summed E-state index contributed by atoms with van der Waals surface area (Å²) in [5.74, 6) is 0.0327. The number of amides is 1. The van der Waals surface area contributed by atoms with Crippen molar-refractivity contribution >= 4 is 49.9 Å². The SMILES string of the molecule is CCN(CC)C(=S)SCC(=O)Nc1ccc(S(=O)(=O)N(C)C)cc1. The van der Waals surface area contributed by atoms with Gasteiger partial charge in [0.2, 0.25) is 15.9 Å². The zero-order chi connectivity index (χ0) is 18.3. The van der Waals surface area contributed by atoms with Gasteiger partial charge in [-0.2, -0.15) is 0 Å². The van der Waals surface area contributed by atoms with Crippen molar-refractivity contribution in [3.05, 3.63) is 24.3 Å². The molecule has 0 spiro atoms. The van der Waals surface area contributed by atoms with Crippen LogP contribution >= 0.6 is 24.0 Å². The second kappa shape index (κ2) is 9.36. The van der Waals surface area contributed by atoms with Crippen LogP contribution in [0, 0.1) is 0 Å². The lowest BCUT2D eigenvalue weighted by molar-refractivity contribution is -0.113. The Bertz CT molecular complexity index is 669. The number of rotatable bonds is 7. The van der Waals surface area contributed by atoms with E-state index in [-0.39, 0.29) is 16.6 Å². The van der Waals surface area contributed by atoms with Gasteiger partial charge in [-0.25, -0.2) is 12.7 Å². The highest BCUT2D eigenvalue weighted by atomic mass is 32.2. The van der Waals surface area contributed by atoms with Crippen LogP contribution in [0.3, 0.4) is 0 Å². The summed E-state index contributed by atoms with van der Waals surface area (Å²) in [6.45, 7) is 5.65. The molecule has 0 heterocycles. The maximum Gasteiger partial charge on any atom is 0.242 e. The summed E-state index contributed by atoms with van der Waals surface area (Å²) in [4.78, 5) is 14.2. The first-order valence-corrected chi connectivity index (χ1v) is 10.3. The predicted molar refractivity (Wildman–Crippen MR) is 104 cm³/mol. The third-order valence-electron chi connectivity index (χ3n) is 3.27. The zero-order valence-electron chi connectivity index (χ0n) is 14.3. The molecular formula is C15H23N3O3S3. The molecule has 0 fully saturated rings. The van der Waals surface area contributed by atoms with E-state index in [1.54, 1.807) is 12.1 Å². The Hall–Kier alpha value is -1.16. The van der Waals surface area contributed by atoms with Crippen LogP contribution in [0.2, 0.25) is 0 Å². The predicted octanol–water partition coefficient (Wildman–Crippen LogP) is 2.24. The van der Waals surface area contributed by atoms with E-state index in [1.165, 1.54) is 38.0 Å². The monoisotopic (exact) mass is 389 g/mol. The summed E-state index contributed by atoms with van der Waals surface area (Å²) in [7, 11) is -0.519. The van der Waals surface area contributed by atoms with E-state index < -0.39 is 10.0 Å². The molecule has 0 saturated carbocycles. The highest BCUT2D eigenvalue weighted by Crippen LogP contribution is 2.17. The average molecular weight is 390 g/mol. The molecule has 0 bridgehead atoms. The zero-order valence-corrected chi connectivity index (χ0v) is 16.7. The highest BCUT2D eigenvalue weighted by molar-refractivity contribution is 8.23. The Labute approximate surface area is 153 Å². The Morgan fingerprint density at radius 1 is 1.17 bits per heavy atom. The number of hydrogen-bond acceptors (Lipinski definition) is 5. The molecule has 9 heteroatoms. The number of benzene rings is 1. The second-order valence-electron chi connectivity index (χ2n) is 5.09. The van der Waals surface area contributed by atoms with E-state index in [0.29, 0.717) is 10.0 Å². The molecule has 24 heavy (non-hydrogen) atoms. The fourth-order valence-electron chi connectivity index (χ4n) is 1.82. The maximum absolute atomic E-state index is 12.0. The number of hydrogen-bond donors (Lipinski definition) is 1. The first kappa shape index (κ1) is 20.9. The number of carbonyl (C=O) groups is 1. The largest absolute Gasteiger partial charge is 0.358 e. The van der Waals surface area contributed by atoms with Crippen molar-refractivity contribution in [2.45, 2.75) is 18.7 Å². The number of carbonyl (C=O) groups excluding carboxylic acids is 1. The van der Waals surface area contributed by atoms with Crippen molar-refractivity contribution in [2.75, 3.05) is 38.3 Å². The van der Waals surface area contributed by atoms with E-state index in [0.717, 1.165) is 17.4 Å². The molecule has 0 atom stereocenters. The van der Waals surface area contributed by atoms with E-state index in [9.17, 15) is 13.2 Å². The van der Waals surface area contributed by atoms with Crippen LogP contribution in [0.25, 0.3) is 0 Å². The van der Waals surface area contributed by atoms with Gasteiger partial charge in [-0.15, -0.1) is 0 Å². The van der Waals surface area contributed by atoms with Gasteiger partial charge in [0.15, 0.2) is 0 Å². The van der Waals surface area contributed by atoms with Gasteiger partial charge in [0.25, 0.3) is 0 Å². The van der Waals surface area contributed by atoms with Crippen molar-refractivity contribution in [2.24, 2.45) is 0 Å². The van der Waals surface area contributed by atoms with Gasteiger partial charge in [-0.1, -0.05) is 24.0 Å². The molecule has 1 amide bonds. The Kier molecular flexibility index (Phi) is 8.14. The van der Waals surface area contributed by atoms with Crippen LogP contribution in [-0.4, -0.2) is 60.8 Å². The lowest BCUT2D eigenvalue weighted by Gasteiger charge is -2.20. The number of nitrogens with zero attached hydrogens (tertiary/aromatic N) is 2. The summed E-state index contributed by atoms with van der Waals surface area (Å²) >= 11 is 6.59. The summed E-state index contributed by atoms with van der Waals surface area (Å²) in [6, 6.07) is 6.08. The first-order valence-electron chi connectivity index (χ1n) is 7.46. The molecule has 0 aliphatic heterocycles. The van der Waals surface area contributed by atoms with Crippen LogP contribution in [0.15, 0.2) is 29.2 Å². The van der Waals surface area contributed by atoms with Crippen molar-refractivity contribution < 1.29 is 13.2 Å². The minimum atomic E-state index is -3.47. The molecule has 1 aromatic rings. The second-order valence-corrected chi connectivity index (χ2v) is 8.85. The summed E-state index contributed by atoms with van der Waals surface area (Å²) in [5.41, 5.74) is 0.548. The molecule has 0 unspecified atom stereocenters. The smallest absolute Gasteiger partial charge is 0.242 e. The highest BCUT2D eigenvalue weighted by Gasteiger charge is 2.17. The summed E-state index contributed by atoms with van der Waals surface area (Å²) in [5, 5.41) is 2.73. The Morgan fingerprint density at radius 2 is 1.71 bits per heavy atom. The molecular weight excluding hydrogens is 366 g/mol. The van der Waals surface area contributed by atoms with Gasteiger partial charge in [-0.05, 0) is 38.1 Å². The Morgan fingerprint density at radius 3 is 2.17 bits per heavy atom. The molecule has 0 aliphatic carbocycles.